The predicted molar refractivity (Wildman–Crippen MR) is 46.4 cm³/mol. The van der Waals surface area contributed by atoms with Crippen LogP contribution in [0.4, 0.5) is 0 Å². The molecule has 0 radical (unpaired) electrons. The highest BCUT2D eigenvalue weighted by Gasteiger charge is 2.29. The summed E-state index contributed by atoms with van der Waals surface area (Å²) in [5, 5.41) is 3.35. The standard InChI is InChI=1S/C8H9NO2S/c10-6(5-1-2-5)3-8-9-7(11)4-12-8/h3,5H,1-2,4H2,(H,9,11)/b8-3-. The lowest BCUT2D eigenvalue weighted by Gasteiger charge is -1.93. The average Bonchev–Trinajstić information content (AvgIpc) is 2.78. The molecule has 0 atom stereocenters. The molecular formula is C8H9NO2S. The van der Waals surface area contributed by atoms with Gasteiger partial charge in [0, 0.05) is 12.0 Å². The SMILES string of the molecule is O=C1CS/C(=C\C(=O)C2CC2)N1. The highest BCUT2D eigenvalue weighted by molar-refractivity contribution is 8.04. The first-order valence-corrected chi connectivity index (χ1v) is 4.92. The summed E-state index contributed by atoms with van der Waals surface area (Å²) >= 11 is 1.40. The third-order valence-corrected chi connectivity index (χ3v) is 2.81. The van der Waals surface area contributed by atoms with Crippen LogP contribution in [0.3, 0.4) is 0 Å². The number of thioether (sulfide) groups is 1. The molecule has 1 aliphatic heterocycles. The van der Waals surface area contributed by atoms with Gasteiger partial charge in [-0.1, -0.05) is 11.8 Å². The van der Waals surface area contributed by atoms with Crippen LogP contribution in [0.1, 0.15) is 12.8 Å². The van der Waals surface area contributed by atoms with E-state index in [4.69, 9.17) is 0 Å². The van der Waals surface area contributed by atoms with Crippen molar-refractivity contribution in [3.63, 3.8) is 0 Å². The minimum Gasteiger partial charge on any atom is -0.320 e. The topological polar surface area (TPSA) is 46.2 Å². The van der Waals surface area contributed by atoms with E-state index in [1.165, 1.54) is 11.8 Å². The van der Waals surface area contributed by atoms with Crippen LogP contribution >= 0.6 is 11.8 Å². The van der Waals surface area contributed by atoms with E-state index in [9.17, 15) is 9.59 Å². The molecule has 1 heterocycles. The Balaban J connectivity index is 1.98. The van der Waals surface area contributed by atoms with Gasteiger partial charge in [-0.25, -0.2) is 0 Å². The Hall–Kier alpha value is -0.770. The van der Waals surface area contributed by atoms with Gasteiger partial charge in [-0.2, -0.15) is 0 Å². The van der Waals surface area contributed by atoms with Crippen molar-refractivity contribution < 1.29 is 9.59 Å². The quantitative estimate of drug-likeness (QED) is 0.640. The zero-order valence-electron chi connectivity index (χ0n) is 6.50. The van der Waals surface area contributed by atoms with Crippen LogP contribution in [-0.2, 0) is 9.59 Å². The maximum atomic E-state index is 11.2. The summed E-state index contributed by atoms with van der Waals surface area (Å²) in [6.07, 6.45) is 3.59. The Morgan fingerprint density at radius 2 is 2.33 bits per heavy atom. The van der Waals surface area contributed by atoms with Gasteiger partial charge in [0.1, 0.15) is 0 Å². The van der Waals surface area contributed by atoms with Crippen molar-refractivity contribution in [2.75, 3.05) is 5.75 Å². The number of carbonyl (C=O) groups excluding carboxylic acids is 2. The molecule has 12 heavy (non-hydrogen) atoms. The maximum Gasteiger partial charge on any atom is 0.235 e. The summed E-state index contributed by atoms with van der Waals surface area (Å²) in [5.74, 6) is 0.856. The molecule has 1 saturated heterocycles. The van der Waals surface area contributed by atoms with E-state index in [-0.39, 0.29) is 17.6 Å². The smallest absolute Gasteiger partial charge is 0.235 e. The van der Waals surface area contributed by atoms with E-state index in [1.54, 1.807) is 6.08 Å². The monoisotopic (exact) mass is 183 g/mol. The van der Waals surface area contributed by atoms with E-state index in [1.807, 2.05) is 0 Å². The van der Waals surface area contributed by atoms with Gasteiger partial charge in [-0.15, -0.1) is 0 Å². The summed E-state index contributed by atoms with van der Waals surface area (Å²) in [7, 11) is 0. The molecule has 1 N–H and O–H groups in total. The van der Waals surface area contributed by atoms with E-state index in [2.05, 4.69) is 5.32 Å². The molecule has 0 aromatic heterocycles. The van der Waals surface area contributed by atoms with Crippen molar-refractivity contribution in [1.29, 1.82) is 0 Å². The summed E-state index contributed by atoms with van der Waals surface area (Å²) in [5.41, 5.74) is 0. The van der Waals surface area contributed by atoms with Crippen LogP contribution in [0.15, 0.2) is 11.1 Å². The van der Waals surface area contributed by atoms with Crippen molar-refractivity contribution >= 4 is 23.5 Å². The summed E-state index contributed by atoms with van der Waals surface area (Å²) in [4.78, 5) is 22.0. The number of allylic oxidation sites excluding steroid dienone is 1. The summed E-state index contributed by atoms with van der Waals surface area (Å²) < 4.78 is 0. The fourth-order valence-corrected chi connectivity index (χ4v) is 1.79. The third-order valence-electron chi connectivity index (χ3n) is 1.87. The van der Waals surface area contributed by atoms with Crippen molar-refractivity contribution in [1.82, 2.24) is 5.32 Å². The lowest BCUT2D eigenvalue weighted by Crippen LogP contribution is -2.14. The molecule has 4 heteroatoms. The van der Waals surface area contributed by atoms with Gasteiger partial charge in [0.05, 0.1) is 10.8 Å². The molecule has 2 fully saturated rings. The molecule has 2 aliphatic rings. The first-order valence-electron chi connectivity index (χ1n) is 3.94. The third kappa shape index (κ3) is 1.69. The zero-order chi connectivity index (χ0) is 8.55. The number of nitrogens with one attached hydrogen (secondary N) is 1. The predicted octanol–water partition coefficient (Wildman–Crippen LogP) is 0.670. The van der Waals surface area contributed by atoms with Crippen LogP contribution in [0.2, 0.25) is 0 Å². The Morgan fingerprint density at radius 1 is 1.58 bits per heavy atom. The second kappa shape index (κ2) is 2.94. The molecule has 0 bridgehead atoms. The fourth-order valence-electron chi connectivity index (χ4n) is 1.05. The second-order valence-electron chi connectivity index (χ2n) is 3.02. The lowest BCUT2D eigenvalue weighted by atomic mass is 10.2. The Bertz CT molecular complexity index is 268. The summed E-state index contributed by atoms with van der Waals surface area (Å²) in [6, 6.07) is 0. The molecule has 0 spiro atoms. The zero-order valence-corrected chi connectivity index (χ0v) is 7.32. The Morgan fingerprint density at radius 3 is 2.83 bits per heavy atom. The molecule has 3 nitrogen and oxygen atoms in total. The normalized spacial score (nSPS) is 26.0. The molecule has 0 aromatic rings. The largest absolute Gasteiger partial charge is 0.320 e. The molecule has 0 aromatic carbocycles. The highest BCUT2D eigenvalue weighted by atomic mass is 32.2. The van der Waals surface area contributed by atoms with Crippen molar-refractivity contribution in [3.05, 3.63) is 11.1 Å². The van der Waals surface area contributed by atoms with E-state index in [0.717, 1.165) is 17.9 Å². The first-order chi connectivity index (χ1) is 5.75. The lowest BCUT2D eigenvalue weighted by molar-refractivity contribution is -0.117. The van der Waals surface area contributed by atoms with Crippen molar-refractivity contribution in [2.45, 2.75) is 12.8 Å². The van der Waals surface area contributed by atoms with Gasteiger partial charge in [0.15, 0.2) is 5.78 Å². The Kier molecular flexibility index (Phi) is 1.92. The average molecular weight is 183 g/mol. The fraction of sp³-hybridized carbons (Fsp3) is 0.500. The molecule has 1 aliphatic carbocycles. The van der Waals surface area contributed by atoms with Gasteiger partial charge >= 0.3 is 0 Å². The molecular weight excluding hydrogens is 174 g/mol. The number of amides is 1. The molecule has 0 unspecified atom stereocenters. The Labute approximate surface area is 74.6 Å². The number of rotatable bonds is 2. The molecule has 64 valence electrons. The van der Waals surface area contributed by atoms with Crippen LogP contribution in [0, 0.1) is 5.92 Å². The molecule has 1 amide bonds. The van der Waals surface area contributed by atoms with Gasteiger partial charge in [-0.05, 0) is 12.8 Å². The van der Waals surface area contributed by atoms with E-state index < -0.39 is 0 Å². The summed E-state index contributed by atoms with van der Waals surface area (Å²) in [6.45, 7) is 0. The van der Waals surface area contributed by atoms with Crippen LogP contribution in [0.25, 0.3) is 0 Å². The van der Waals surface area contributed by atoms with Crippen LogP contribution in [0.5, 0.6) is 0 Å². The number of hydrogen-bond acceptors (Lipinski definition) is 3. The minimum absolute atomic E-state index is 0.00477. The number of hydrogen-bond donors (Lipinski definition) is 1. The van der Waals surface area contributed by atoms with Gasteiger partial charge < -0.3 is 5.32 Å². The molecule has 1 saturated carbocycles. The van der Waals surface area contributed by atoms with Gasteiger partial charge in [0.25, 0.3) is 0 Å². The van der Waals surface area contributed by atoms with Gasteiger partial charge in [0.2, 0.25) is 5.91 Å². The number of ketones is 1. The molecule has 2 rings (SSSR count). The number of carbonyl (C=O) groups is 2. The van der Waals surface area contributed by atoms with Crippen LogP contribution < -0.4 is 5.32 Å². The van der Waals surface area contributed by atoms with Crippen LogP contribution in [-0.4, -0.2) is 17.4 Å². The maximum absolute atomic E-state index is 11.2. The van der Waals surface area contributed by atoms with Gasteiger partial charge in [-0.3, -0.25) is 9.59 Å². The van der Waals surface area contributed by atoms with Crippen molar-refractivity contribution in [3.8, 4) is 0 Å². The van der Waals surface area contributed by atoms with E-state index >= 15 is 0 Å². The first kappa shape index (κ1) is 7.86. The van der Waals surface area contributed by atoms with Crippen molar-refractivity contribution in [2.24, 2.45) is 5.92 Å². The minimum atomic E-state index is -0.00477. The second-order valence-corrected chi connectivity index (χ2v) is 4.04. The highest BCUT2D eigenvalue weighted by Crippen LogP contribution is 2.31. The van der Waals surface area contributed by atoms with E-state index in [0.29, 0.717) is 5.75 Å².